The summed E-state index contributed by atoms with van der Waals surface area (Å²) < 4.78 is 5.37. The van der Waals surface area contributed by atoms with Crippen LogP contribution in [0.1, 0.15) is 37.5 Å². The molecule has 0 atom stereocenters. The summed E-state index contributed by atoms with van der Waals surface area (Å²) in [6, 6.07) is 14.9. The zero-order valence-corrected chi connectivity index (χ0v) is 14.3. The van der Waals surface area contributed by atoms with Gasteiger partial charge in [-0.05, 0) is 49.6 Å². The van der Waals surface area contributed by atoms with Crippen molar-refractivity contribution in [1.29, 1.82) is 0 Å². The van der Waals surface area contributed by atoms with Crippen LogP contribution in [0.25, 0.3) is 5.57 Å². The molecule has 5 heteroatoms. The van der Waals surface area contributed by atoms with Gasteiger partial charge in [-0.25, -0.2) is 9.59 Å². The Bertz CT molecular complexity index is 882. The fourth-order valence-electron chi connectivity index (χ4n) is 3.04. The number of benzene rings is 2. The molecule has 0 spiro atoms. The van der Waals surface area contributed by atoms with Gasteiger partial charge >= 0.3 is 12.1 Å². The second-order valence-corrected chi connectivity index (χ2v) is 6.46. The van der Waals surface area contributed by atoms with Gasteiger partial charge in [0, 0.05) is 11.1 Å². The summed E-state index contributed by atoms with van der Waals surface area (Å²) in [5, 5.41) is 12.2. The molecule has 0 saturated carbocycles. The van der Waals surface area contributed by atoms with Gasteiger partial charge < -0.3 is 9.84 Å². The second kappa shape index (κ2) is 6.09. The Morgan fingerprint density at radius 1 is 1.08 bits per heavy atom. The second-order valence-electron chi connectivity index (χ2n) is 6.46. The molecule has 0 bridgehead atoms. The van der Waals surface area contributed by atoms with Crippen LogP contribution in [0.3, 0.4) is 0 Å². The van der Waals surface area contributed by atoms with Gasteiger partial charge in [0.15, 0.2) is 0 Å². The number of anilines is 1. The lowest BCUT2D eigenvalue weighted by molar-refractivity contribution is -0.132. The first-order valence-corrected chi connectivity index (χ1v) is 7.94. The lowest BCUT2D eigenvalue weighted by Crippen LogP contribution is -2.34. The van der Waals surface area contributed by atoms with Crippen LogP contribution in [-0.4, -0.2) is 17.2 Å². The van der Waals surface area contributed by atoms with E-state index in [1.165, 1.54) is 0 Å². The molecule has 3 rings (SSSR count). The van der Waals surface area contributed by atoms with Crippen molar-refractivity contribution in [1.82, 2.24) is 0 Å². The molecule has 0 radical (unpaired) electrons. The van der Waals surface area contributed by atoms with Crippen molar-refractivity contribution >= 4 is 23.3 Å². The summed E-state index contributed by atoms with van der Waals surface area (Å²) in [5.41, 5.74) is 3.15. The molecule has 128 valence electrons. The van der Waals surface area contributed by atoms with Gasteiger partial charge in [0.1, 0.15) is 5.60 Å². The zero-order chi connectivity index (χ0) is 18.2. The minimum absolute atomic E-state index is 0.254. The largest absolute Gasteiger partial charge is 0.478 e. The predicted molar refractivity (Wildman–Crippen MR) is 95.3 cm³/mol. The molecular formula is C20H19NO4. The summed E-state index contributed by atoms with van der Waals surface area (Å²) in [4.78, 5) is 23.3. The van der Waals surface area contributed by atoms with Crippen molar-refractivity contribution in [2.45, 2.75) is 26.4 Å². The molecule has 5 nitrogen and oxygen atoms in total. The molecule has 0 fully saturated rings. The van der Waals surface area contributed by atoms with Crippen LogP contribution in [0.5, 0.6) is 0 Å². The van der Waals surface area contributed by atoms with Crippen LogP contribution < -0.4 is 5.32 Å². The molecule has 2 aromatic carbocycles. The van der Waals surface area contributed by atoms with Crippen molar-refractivity contribution in [2.75, 3.05) is 5.32 Å². The molecule has 25 heavy (non-hydrogen) atoms. The maximum absolute atomic E-state index is 11.7. The molecular weight excluding hydrogens is 318 g/mol. The fraction of sp³-hybridized carbons (Fsp3) is 0.200. The Kier molecular flexibility index (Phi) is 4.08. The molecule has 1 aliphatic rings. The Hall–Kier alpha value is -3.08. The van der Waals surface area contributed by atoms with Crippen LogP contribution in [0.15, 0.2) is 54.1 Å². The summed E-state index contributed by atoms with van der Waals surface area (Å²) in [7, 11) is 0. The van der Waals surface area contributed by atoms with E-state index in [1.807, 2.05) is 56.3 Å². The lowest BCUT2D eigenvalue weighted by Gasteiger charge is -2.33. The van der Waals surface area contributed by atoms with Gasteiger partial charge in [-0.1, -0.05) is 36.4 Å². The van der Waals surface area contributed by atoms with Gasteiger partial charge in [0.05, 0.1) is 5.69 Å². The van der Waals surface area contributed by atoms with E-state index in [2.05, 4.69) is 5.32 Å². The maximum Gasteiger partial charge on any atom is 0.412 e. The number of amides is 1. The fourth-order valence-corrected chi connectivity index (χ4v) is 3.04. The lowest BCUT2D eigenvalue weighted by atomic mass is 9.87. The molecule has 1 amide bonds. The van der Waals surface area contributed by atoms with Crippen molar-refractivity contribution < 1.29 is 19.4 Å². The monoisotopic (exact) mass is 337 g/mol. The van der Waals surface area contributed by atoms with E-state index < -0.39 is 17.7 Å². The number of hydrogen-bond donors (Lipinski definition) is 2. The van der Waals surface area contributed by atoms with Crippen LogP contribution in [-0.2, 0) is 15.1 Å². The third-order valence-electron chi connectivity index (χ3n) is 4.30. The first kappa shape index (κ1) is 16.8. The predicted octanol–water partition coefficient (Wildman–Crippen LogP) is 4.39. The van der Waals surface area contributed by atoms with Gasteiger partial charge in [0.25, 0.3) is 0 Å². The smallest absolute Gasteiger partial charge is 0.412 e. The molecule has 0 saturated heterocycles. The standard InChI is InChI=1S/C20H19NO4/c1-12(18(22)23)17(13-7-5-4-6-8-13)14-9-10-16-15(11-14)20(2,3)25-19(24)21-16/h4-11H,1-3H3,(H,21,24)(H,22,23)/b17-12+. The summed E-state index contributed by atoms with van der Waals surface area (Å²) in [5.74, 6) is -0.972. The maximum atomic E-state index is 11.7. The highest BCUT2D eigenvalue weighted by atomic mass is 16.6. The van der Waals surface area contributed by atoms with Gasteiger partial charge in [-0.15, -0.1) is 0 Å². The van der Waals surface area contributed by atoms with Crippen molar-refractivity contribution in [2.24, 2.45) is 0 Å². The van der Waals surface area contributed by atoms with Crippen molar-refractivity contribution in [3.05, 3.63) is 70.8 Å². The van der Waals surface area contributed by atoms with E-state index in [9.17, 15) is 14.7 Å². The van der Waals surface area contributed by atoms with E-state index in [0.717, 1.165) is 16.7 Å². The van der Waals surface area contributed by atoms with Crippen LogP contribution >= 0.6 is 0 Å². The SMILES string of the molecule is C/C(C(=O)O)=C(/c1ccccc1)c1ccc2c(c1)C(C)(C)OC(=O)N2. The number of carbonyl (C=O) groups is 2. The average molecular weight is 337 g/mol. The van der Waals surface area contributed by atoms with E-state index in [1.54, 1.807) is 13.0 Å². The number of carboxylic acid groups (broad SMARTS) is 1. The van der Waals surface area contributed by atoms with E-state index in [4.69, 9.17) is 4.74 Å². The first-order valence-electron chi connectivity index (χ1n) is 7.94. The number of carboxylic acids is 1. The number of ether oxygens (including phenoxy) is 1. The van der Waals surface area contributed by atoms with E-state index >= 15 is 0 Å². The number of hydrogen-bond acceptors (Lipinski definition) is 3. The highest BCUT2D eigenvalue weighted by Gasteiger charge is 2.33. The third kappa shape index (κ3) is 3.13. The topological polar surface area (TPSA) is 75.6 Å². The minimum Gasteiger partial charge on any atom is -0.478 e. The van der Waals surface area contributed by atoms with Crippen LogP contribution in [0.4, 0.5) is 10.5 Å². The summed E-state index contributed by atoms with van der Waals surface area (Å²) in [6.07, 6.45) is -0.495. The normalized spacial score (nSPS) is 16.2. The van der Waals surface area contributed by atoms with Gasteiger partial charge in [-0.2, -0.15) is 0 Å². The number of fused-ring (bicyclic) bond motifs is 1. The number of cyclic esters (lactones) is 1. The third-order valence-corrected chi connectivity index (χ3v) is 4.30. The van der Waals surface area contributed by atoms with Gasteiger partial charge in [0.2, 0.25) is 0 Å². The minimum atomic E-state index is -0.972. The Balaban J connectivity index is 2.21. The highest BCUT2D eigenvalue weighted by Crippen LogP contribution is 2.38. The summed E-state index contributed by atoms with van der Waals surface area (Å²) >= 11 is 0. The number of nitrogens with one attached hydrogen (secondary N) is 1. The van der Waals surface area contributed by atoms with Crippen LogP contribution in [0, 0.1) is 0 Å². The number of carbonyl (C=O) groups excluding carboxylic acids is 1. The molecule has 1 heterocycles. The van der Waals surface area contributed by atoms with Crippen molar-refractivity contribution in [3.63, 3.8) is 0 Å². The molecule has 2 N–H and O–H groups in total. The molecule has 0 unspecified atom stereocenters. The average Bonchev–Trinajstić information content (AvgIpc) is 2.55. The van der Waals surface area contributed by atoms with Crippen molar-refractivity contribution in [3.8, 4) is 0 Å². The van der Waals surface area contributed by atoms with Crippen LogP contribution in [0.2, 0.25) is 0 Å². The Morgan fingerprint density at radius 3 is 2.40 bits per heavy atom. The Labute approximate surface area is 145 Å². The molecule has 1 aliphatic heterocycles. The highest BCUT2D eigenvalue weighted by molar-refractivity contribution is 6.01. The summed E-state index contributed by atoms with van der Waals surface area (Å²) in [6.45, 7) is 5.21. The number of rotatable bonds is 3. The zero-order valence-electron chi connectivity index (χ0n) is 14.3. The number of aliphatic carboxylic acids is 1. The Morgan fingerprint density at radius 2 is 1.76 bits per heavy atom. The van der Waals surface area contributed by atoms with E-state index in [-0.39, 0.29) is 5.57 Å². The molecule has 0 aromatic heterocycles. The van der Waals surface area contributed by atoms with Gasteiger partial charge in [-0.3, -0.25) is 5.32 Å². The molecule has 0 aliphatic carbocycles. The first-order chi connectivity index (χ1) is 11.8. The molecule has 2 aromatic rings. The van der Waals surface area contributed by atoms with E-state index in [0.29, 0.717) is 11.3 Å². The quantitative estimate of drug-likeness (QED) is 0.815.